The van der Waals surface area contributed by atoms with Gasteiger partial charge in [-0.3, -0.25) is 9.59 Å². The van der Waals surface area contributed by atoms with E-state index in [1.54, 1.807) is 37.8 Å². The lowest BCUT2D eigenvalue weighted by atomic mass is 9.88. The van der Waals surface area contributed by atoms with E-state index in [4.69, 9.17) is 18.9 Å². The van der Waals surface area contributed by atoms with Crippen molar-refractivity contribution < 1.29 is 33.3 Å². The quantitative estimate of drug-likeness (QED) is 0.272. The van der Waals surface area contributed by atoms with Gasteiger partial charge in [-0.15, -0.1) is 0 Å². The highest BCUT2D eigenvalue weighted by atomic mass is 16.6. The summed E-state index contributed by atoms with van der Waals surface area (Å²) >= 11 is 0. The number of aryl methyl sites for hydroxylation is 1. The fraction of sp³-hybridized carbons (Fsp3) is 0.545. The summed E-state index contributed by atoms with van der Waals surface area (Å²) < 4.78 is 22.6. The minimum Gasteiger partial charge on any atom is -0.493 e. The monoisotopic (exact) mass is 567 g/mol. The molecule has 0 fully saturated rings. The molecule has 0 saturated heterocycles. The Hall–Kier alpha value is -3.55. The molecule has 0 unspecified atom stereocenters. The van der Waals surface area contributed by atoms with Crippen LogP contribution in [0.3, 0.4) is 0 Å². The number of carbonyl (C=O) groups excluding carboxylic acids is 3. The molecule has 1 amide bonds. The summed E-state index contributed by atoms with van der Waals surface area (Å²) in [5, 5.41) is 0. The summed E-state index contributed by atoms with van der Waals surface area (Å²) in [5.74, 6) is 0.654. The summed E-state index contributed by atoms with van der Waals surface area (Å²) in [6.45, 7) is 16.9. The van der Waals surface area contributed by atoms with Gasteiger partial charge in [-0.2, -0.15) is 0 Å². The van der Waals surface area contributed by atoms with Crippen LogP contribution in [-0.2, 0) is 27.2 Å². The molecule has 1 heterocycles. The molecular formula is C33H45NO7. The zero-order valence-electron chi connectivity index (χ0n) is 26.2. The van der Waals surface area contributed by atoms with Crippen molar-refractivity contribution in [3.63, 3.8) is 0 Å². The zero-order valence-corrected chi connectivity index (χ0v) is 26.2. The minimum atomic E-state index is -0.669. The van der Waals surface area contributed by atoms with Gasteiger partial charge in [0.2, 0.25) is 0 Å². The SMILES string of the molecule is COc1cc2c(cc1OC(=O)C(C)(C)C)CCN(C(=O)OC(C)(C)C)[C@H]2CCc1ccc(OC(=O)C(C)(C)C)cc1. The summed E-state index contributed by atoms with van der Waals surface area (Å²) in [6, 6.07) is 10.9. The third kappa shape index (κ3) is 8.47. The van der Waals surface area contributed by atoms with E-state index in [0.717, 1.165) is 16.7 Å². The zero-order chi connectivity index (χ0) is 30.8. The van der Waals surface area contributed by atoms with Crippen molar-refractivity contribution in [3.8, 4) is 17.2 Å². The van der Waals surface area contributed by atoms with E-state index in [2.05, 4.69) is 0 Å². The first kappa shape index (κ1) is 32.0. The highest BCUT2D eigenvalue weighted by Gasteiger charge is 2.35. The molecule has 0 radical (unpaired) electrons. The van der Waals surface area contributed by atoms with Crippen LogP contribution in [0.4, 0.5) is 4.79 Å². The molecule has 224 valence electrons. The fourth-order valence-corrected chi connectivity index (χ4v) is 4.34. The van der Waals surface area contributed by atoms with E-state index >= 15 is 0 Å². The van der Waals surface area contributed by atoms with Gasteiger partial charge in [0.25, 0.3) is 0 Å². The van der Waals surface area contributed by atoms with Crippen LogP contribution in [0.15, 0.2) is 36.4 Å². The summed E-state index contributed by atoms with van der Waals surface area (Å²) in [4.78, 5) is 39.9. The maximum Gasteiger partial charge on any atom is 0.410 e. The number of hydrogen-bond donors (Lipinski definition) is 0. The smallest absolute Gasteiger partial charge is 0.410 e. The number of methoxy groups -OCH3 is 1. The van der Waals surface area contributed by atoms with Crippen molar-refractivity contribution in [3.05, 3.63) is 53.1 Å². The van der Waals surface area contributed by atoms with Gasteiger partial charge < -0.3 is 23.8 Å². The number of amides is 1. The number of carbonyl (C=O) groups is 3. The highest BCUT2D eigenvalue weighted by Crippen LogP contribution is 2.41. The van der Waals surface area contributed by atoms with E-state index in [1.807, 2.05) is 65.8 Å². The number of ether oxygens (including phenoxy) is 4. The number of benzene rings is 2. The van der Waals surface area contributed by atoms with E-state index in [9.17, 15) is 14.4 Å². The summed E-state index contributed by atoms with van der Waals surface area (Å²) in [5.41, 5.74) is 1.08. The van der Waals surface area contributed by atoms with E-state index in [-0.39, 0.29) is 24.1 Å². The standard InChI is InChI=1S/C33H45NO7/c1-31(2,3)28(35)39-23-14-11-21(12-15-23)13-16-25-24-20-26(38-10)27(40-29(36)32(4,5)6)19-22(24)17-18-34(25)30(37)41-33(7,8)9/h11-12,14-15,19-20,25H,13,16-18H2,1-10H3/t25-/m0/s1. The Morgan fingerprint density at radius 3 is 1.95 bits per heavy atom. The lowest BCUT2D eigenvalue weighted by Crippen LogP contribution is -2.43. The van der Waals surface area contributed by atoms with Crippen LogP contribution in [-0.4, -0.2) is 42.2 Å². The van der Waals surface area contributed by atoms with Crippen molar-refractivity contribution in [1.29, 1.82) is 0 Å². The molecule has 0 bridgehead atoms. The van der Waals surface area contributed by atoms with Crippen LogP contribution in [0.5, 0.6) is 17.2 Å². The van der Waals surface area contributed by atoms with Gasteiger partial charge in [-0.1, -0.05) is 12.1 Å². The molecule has 1 atom stereocenters. The van der Waals surface area contributed by atoms with Gasteiger partial charge in [0.05, 0.1) is 24.0 Å². The van der Waals surface area contributed by atoms with E-state index in [0.29, 0.717) is 43.1 Å². The van der Waals surface area contributed by atoms with E-state index < -0.39 is 16.4 Å². The summed E-state index contributed by atoms with van der Waals surface area (Å²) in [6.07, 6.45) is 1.50. The second-order valence-electron chi connectivity index (χ2n) is 13.6. The van der Waals surface area contributed by atoms with Gasteiger partial charge >= 0.3 is 18.0 Å². The average molecular weight is 568 g/mol. The van der Waals surface area contributed by atoms with Crippen LogP contribution in [0.1, 0.15) is 91.5 Å². The Morgan fingerprint density at radius 1 is 0.829 bits per heavy atom. The Labute approximate surface area is 244 Å². The second-order valence-corrected chi connectivity index (χ2v) is 13.6. The van der Waals surface area contributed by atoms with Crippen molar-refractivity contribution in [2.45, 2.75) is 93.2 Å². The van der Waals surface area contributed by atoms with Crippen molar-refractivity contribution in [2.75, 3.05) is 13.7 Å². The number of fused-ring (bicyclic) bond motifs is 1. The van der Waals surface area contributed by atoms with Crippen LogP contribution >= 0.6 is 0 Å². The van der Waals surface area contributed by atoms with Crippen LogP contribution in [0.2, 0.25) is 0 Å². The van der Waals surface area contributed by atoms with Crippen molar-refractivity contribution in [1.82, 2.24) is 4.90 Å². The molecule has 1 aliphatic heterocycles. The largest absolute Gasteiger partial charge is 0.493 e. The molecule has 2 aromatic carbocycles. The Morgan fingerprint density at radius 2 is 1.41 bits per heavy atom. The van der Waals surface area contributed by atoms with Gasteiger partial charge in [0, 0.05) is 6.54 Å². The first-order valence-corrected chi connectivity index (χ1v) is 14.1. The predicted molar refractivity (Wildman–Crippen MR) is 157 cm³/mol. The Kier molecular flexibility index (Phi) is 9.46. The normalized spacial score (nSPS) is 15.6. The number of hydrogen-bond acceptors (Lipinski definition) is 7. The third-order valence-corrected chi connectivity index (χ3v) is 6.68. The molecule has 0 aromatic heterocycles. The maximum absolute atomic E-state index is 13.3. The van der Waals surface area contributed by atoms with Crippen molar-refractivity contribution >= 4 is 18.0 Å². The average Bonchev–Trinajstić information content (AvgIpc) is 2.85. The van der Waals surface area contributed by atoms with Gasteiger partial charge in [0.15, 0.2) is 11.5 Å². The van der Waals surface area contributed by atoms with Gasteiger partial charge in [-0.25, -0.2) is 4.79 Å². The molecule has 0 N–H and O–H groups in total. The Balaban J connectivity index is 1.90. The minimum absolute atomic E-state index is 0.284. The lowest BCUT2D eigenvalue weighted by Gasteiger charge is -2.38. The van der Waals surface area contributed by atoms with E-state index in [1.165, 1.54) is 7.11 Å². The second kappa shape index (κ2) is 12.1. The highest BCUT2D eigenvalue weighted by molar-refractivity contribution is 5.79. The van der Waals surface area contributed by atoms with Gasteiger partial charge in [-0.05, 0) is 123 Å². The maximum atomic E-state index is 13.3. The number of rotatable bonds is 6. The molecule has 41 heavy (non-hydrogen) atoms. The predicted octanol–water partition coefficient (Wildman–Crippen LogP) is 7.07. The van der Waals surface area contributed by atoms with Crippen LogP contribution in [0.25, 0.3) is 0 Å². The first-order valence-electron chi connectivity index (χ1n) is 14.1. The molecule has 1 aliphatic rings. The Bertz CT molecular complexity index is 1260. The van der Waals surface area contributed by atoms with Crippen LogP contribution in [0, 0.1) is 10.8 Å². The molecular weight excluding hydrogens is 522 g/mol. The molecule has 0 spiro atoms. The topological polar surface area (TPSA) is 91.4 Å². The summed E-state index contributed by atoms with van der Waals surface area (Å²) in [7, 11) is 1.54. The van der Waals surface area contributed by atoms with Crippen molar-refractivity contribution in [2.24, 2.45) is 10.8 Å². The fourth-order valence-electron chi connectivity index (χ4n) is 4.34. The molecule has 0 aliphatic carbocycles. The molecule has 8 heteroatoms. The third-order valence-electron chi connectivity index (χ3n) is 6.68. The molecule has 0 saturated carbocycles. The molecule has 8 nitrogen and oxygen atoms in total. The molecule has 3 rings (SSSR count). The van der Waals surface area contributed by atoms with Crippen LogP contribution < -0.4 is 14.2 Å². The lowest BCUT2D eigenvalue weighted by molar-refractivity contribution is -0.143. The molecule has 2 aromatic rings. The number of esters is 2. The first-order chi connectivity index (χ1) is 18.9. The van der Waals surface area contributed by atoms with Gasteiger partial charge in [0.1, 0.15) is 11.4 Å². The number of nitrogens with zero attached hydrogens (tertiary/aromatic N) is 1.